The van der Waals surface area contributed by atoms with Crippen LogP contribution in [0.2, 0.25) is 0 Å². The van der Waals surface area contributed by atoms with Gasteiger partial charge in [0.2, 0.25) is 0 Å². The molecule has 0 radical (unpaired) electrons. The van der Waals surface area contributed by atoms with Gasteiger partial charge in [-0.15, -0.1) is 11.3 Å². The molecule has 2 heterocycles. The van der Waals surface area contributed by atoms with Crippen molar-refractivity contribution >= 4 is 27.4 Å². The van der Waals surface area contributed by atoms with Crippen LogP contribution in [-0.2, 0) is 0 Å². The lowest BCUT2D eigenvalue weighted by Crippen LogP contribution is -2.15. The predicted octanol–water partition coefficient (Wildman–Crippen LogP) is 2.84. The zero-order valence-electron chi connectivity index (χ0n) is 10.2. The van der Waals surface area contributed by atoms with E-state index < -0.39 is 0 Å². The number of thiophene rings is 1. The molecule has 0 aliphatic rings. The van der Waals surface area contributed by atoms with Gasteiger partial charge in [0, 0.05) is 0 Å². The average molecular weight is 271 g/mol. The first kappa shape index (κ1) is 12.1. The van der Waals surface area contributed by atoms with Crippen LogP contribution in [0.25, 0.3) is 10.2 Å². The number of nitrogens with one attached hydrogen (secondary N) is 1. The van der Waals surface area contributed by atoms with E-state index in [-0.39, 0.29) is 12.6 Å². The van der Waals surface area contributed by atoms with Crippen molar-refractivity contribution in [2.24, 2.45) is 0 Å². The third kappa shape index (κ3) is 2.43. The summed E-state index contributed by atoms with van der Waals surface area (Å²) in [5.41, 5.74) is 1.03. The Morgan fingerprint density at radius 3 is 2.79 bits per heavy atom. The molecule has 96 valence electrons. The number of nitrogens with zero attached hydrogens (tertiary/aromatic N) is 2. The Balaban J connectivity index is 1.93. The highest BCUT2D eigenvalue weighted by Gasteiger charge is 2.12. The summed E-state index contributed by atoms with van der Waals surface area (Å²) in [5, 5.41) is 15.8. The molecule has 0 bridgehead atoms. The number of rotatable bonds is 4. The second-order valence-electron chi connectivity index (χ2n) is 4.15. The molecule has 19 heavy (non-hydrogen) atoms. The largest absolute Gasteiger partial charge is 0.394 e. The molecule has 0 aliphatic carbocycles. The average Bonchev–Trinajstić information content (AvgIpc) is 2.95. The molecule has 0 spiro atoms. The van der Waals surface area contributed by atoms with E-state index in [0.717, 1.165) is 21.6 Å². The topological polar surface area (TPSA) is 58.0 Å². The Bertz CT molecular complexity index is 669. The summed E-state index contributed by atoms with van der Waals surface area (Å²) < 4.78 is 0. The molecule has 0 saturated heterocycles. The summed E-state index contributed by atoms with van der Waals surface area (Å²) >= 11 is 1.58. The minimum Gasteiger partial charge on any atom is -0.394 e. The molecule has 1 atom stereocenters. The van der Waals surface area contributed by atoms with Crippen molar-refractivity contribution in [1.82, 2.24) is 9.97 Å². The van der Waals surface area contributed by atoms with Crippen LogP contribution in [0.5, 0.6) is 0 Å². The fourth-order valence-electron chi connectivity index (χ4n) is 1.99. The smallest absolute Gasteiger partial charge is 0.138 e. The van der Waals surface area contributed by atoms with Gasteiger partial charge >= 0.3 is 0 Å². The Labute approximate surface area is 114 Å². The quantitative estimate of drug-likeness (QED) is 0.766. The normalized spacial score (nSPS) is 12.5. The maximum Gasteiger partial charge on any atom is 0.138 e. The van der Waals surface area contributed by atoms with Gasteiger partial charge in [-0.3, -0.25) is 0 Å². The van der Waals surface area contributed by atoms with Gasteiger partial charge in [0.15, 0.2) is 0 Å². The number of fused-ring (bicyclic) bond motifs is 1. The monoisotopic (exact) mass is 271 g/mol. The summed E-state index contributed by atoms with van der Waals surface area (Å²) in [7, 11) is 0. The predicted molar refractivity (Wildman–Crippen MR) is 77.3 cm³/mol. The van der Waals surface area contributed by atoms with Gasteiger partial charge in [-0.1, -0.05) is 30.3 Å². The van der Waals surface area contributed by atoms with E-state index in [0.29, 0.717) is 0 Å². The molecular weight excluding hydrogens is 258 g/mol. The first-order valence-corrected chi connectivity index (χ1v) is 6.87. The summed E-state index contributed by atoms with van der Waals surface area (Å²) in [6, 6.07) is 11.7. The molecule has 0 fully saturated rings. The third-order valence-electron chi connectivity index (χ3n) is 2.96. The molecule has 0 saturated carbocycles. The van der Waals surface area contributed by atoms with Crippen molar-refractivity contribution in [2.75, 3.05) is 11.9 Å². The molecule has 1 unspecified atom stereocenters. The van der Waals surface area contributed by atoms with Crippen molar-refractivity contribution in [3.63, 3.8) is 0 Å². The van der Waals surface area contributed by atoms with Crippen LogP contribution in [0.15, 0.2) is 48.1 Å². The fourth-order valence-corrected chi connectivity index (χ4v) is 2.72. The van der Waals surface area contributed by atoms with Gasteiger partial charge in [0.05, 0.1) is 18.0 Å². The van der Waals surface area contributed by atoms with Gasteiger partial charge in [-0.2, -0.15) is 0 Å². The Morgan fingerprint density at radius 1 is 1.16 bits per heavy atom. The van der Waals surface area contributed by atoms with Gasteiger partial charge in [-0.25, -0.2) is 9.97 Å². The van der Waals surface area contributed by atoms with Crippen molar-refractivity contribution in [2.45, 2.75) is 6.04 Å². The lowest BCUT2D eigenvalue weighted by molar-refractivity contribution is 0.276. The van der Waals surface area contributed by atoms with E-state index in [4.69, 9.17) is 0 Å². The van der Waals surface area contributed by atoms with E-state index in [1.807, 2.05) is 41.8 Å². The van der Waals surface area contributed by atoms with Crippen LogP contribution in [0.4, 0.5) is 5.82 Å². The van der Waals surface area contributed by atoms with Gasteiger partial charge in [0.25, 0.3) is 0 Å². The van der Waals surface area contributed by atoms with E-state index in [1.165, 1.54) is 0 Å². The number of aliphatic hydroxyl groups is 1. The minimum atomic E-state index is -0.167. The third-order valence-corrected chi connectivity index (χ3v) is 3.78. The van der Waals surface area contributed by atoms with E-state index >= 15 is 0 Å². The Kier molecular flexibility index (Phi) is 3.39. The number of anilines is 1. The Morgan fingerprint density at radius 2 is 2.00 bits per heavy atom. The van der Waals surface area contributed by atoms with Crippen LogP contribution >= 0.6 is 11.3 Å². The lowest BCUT2D eigenvalue weighted by atomic mass is 10.1. The van der Waals surface area contributed by atoms with Crippen molar-refractivity contribution in [3.05, 3.63) is 53.7 Å². The van der Waals surface area contributed by atoms with Crippen molar-refractivity contribution in [1.29, 1.82) is 0 Å². The maximum absolute atomic E-state index is 9.56. The molecule has 0 amide bonds. The summed E-state index contributed by atoms with van der Waals surface area (Å²) in [5.74, 6) is 0.758. The highest BCUT2D eigenvalue weighted by atomic mass is 32.1. The van der Waals surface area contributed by atoms with E-state index in [2.05, 4.69) is 15.3 Å². The lowest BCUT2D eigenvalue weighted by Gasteiger charge is -2.17. The van der Waals surface area contributed by atoms with Gasteiger partial charge < -0.3 is 10.4 Å². The molecule has 3 aromatic rings. The number of hydrogen-bond acceptors (Lipinski definition) is 5. The van der Waals surface area contributed by atoms with Crippen molar-refractivity contribution in [3.8, 4) is 0 Å². The van der Waals surface area contributed by atoms with Crippen LogP contribution in [0.1, 0.15) is 11.6 Å². The number of benzene rings is 1. The molecule has 1 aromatic carbocycles. The molecule has 2 N–H and O–H groups in total. The highest BCUT2D eigenvalue weighted by Crippen LogP contribution is 2.26. The second-order valence-corrected chi connectivity index (χ2v) is 5.05. The molecule has 2 aromatic heterocycles. The fraction of sp³-hybridized carbons (Fsp3) is 0.143. The van der Waals surface area contributed by atoms with Gasteiger partial charge in [0.1, 0.15) is 17.0 Å². The molecule has 0 aliphatic heterocycles. The number of aromatic nitrogens is 2. The molecule has 4 nitrogen and oxygen atoms in total. The number of aliphatic hydroxyl groups excluding tert-OH is 1. The van der Waals surface area contributed by atoms with Crippen molar-refractivity contribution < 1.29 is 5.11 Å². The second kappa shape index (κ2) is 5.34. The SMILES string of the molecule is OCC(Nc1ncnc2sccc12)c1ccccc1. The maximum atomic E-state index is 9.56. The van der Waals surface area contributed by atoms with Crippen LogP contribution in [-0.4, -0.2) is 21.7 Å². The summed E-state index contributed by atoms with van der Waals surface area (Å²) in [6.45, 7) is 0.0135. The van der Waals surface area contributed by atoms with E-state index in [1.54, 1.807) is 17.7 Å². The number of hydrogen-bond donors (Lipinski definition) is 2. The highest BCUT2D eigenvalue weighted by molar-refractivity contribution is 7.16. The van der Waals surface area contributed by atoms with Crippen LogP contribution in [0.3, 0.4) is 0 Å². The molecule has 3 rings (SSSR count). The summed E-state index contributed by atoms with van der Waals surface area (Å²) in [6.07, 6.45) is 1.54. The van der Waals surface area contributed by atoms with Gasteiger partial charge in [-0.05, 0) is 17.0 Å². The van der Waals surface area contributed by atoms with E-state index in [9.17, 15) is 5.11 Å². The molecule has 5 heteroatoms. The minimum absolute atomic E-state index is 0.0135. The van der Waals surface area contributed by atoms with Crippen LogP contribution < -0.4 is 5.32 Å². The zero-order chi connectivity index (χ0) is 13.1. The Hall–Kier alpha value is -1.98. The van der Waals surface area contributed by atoms with Crippen LogP contribution in [0, 0.1) is 0 Å². The summed E-state index contributed by atoms with van der Waals surface area (Å²) in [4.78, 5) is 9.42. The first-order chi connectivity index (χ1) is 9.38. The first-order valence-electron chi connectivity index (χ1n) is 5.99. The zero-order valence-corrected chi connectivity index (χ0v) is 11.0. The standard InChI is InChI=1S/C14H13N3OS/c18-8-12(10-4-2-1-3-5-10)17-13-11-6-7-19-14(11)16-9-15-13/h1-7,9,12,18H,8H2,(H,15,16,17). The molecular formula is C14H13N3OS.